The number of ether oxygens (including phenoxy) is 3. The molecule has 0 saturated heterocycles. The van der Waals surface area contributed by atoms with E-state index < -0.39 is 30.0 Å². The standard InChI is InChI=1S/C28H30N2O7/c1-3-35-25(31)17-16-24(27(33)36-4-2)29-26(32)22-14-15-23(21-13-9-8-12-20(21)22)30-28(34)37-18-19-10-6-5-7-11-19/h5-15,24H,3-4,16-18H2,1-2H3,(H,29,32)(H,30,34)/t24-/m0/s1. The van der Waals surface area contributed by atoms with Crippen LogP contribution < -0.4 is 10.6 Å². The maximum absolute atomic E-state index is 13.2. The van der Waals surface area contributed by atoms with Gasteiger partial charge in [0.15, 0.2) is 0 Å². The van der Waals surface area contributed by atoms with Crippen LogP contribution in [0.4, 0.5) is 10.5 Å². The Bertz CT molecular complexity index is 1240. The number of esters is 2. The second-order valence-corrected chi connectivity index (χ2v) is 8.01. The van der Waals surface area contributed by atoms with E-state index in [9.17, 15) is 19.2 Å². The fourth-order valence-corrected chi connectivity index (χ4v) is 3.70. The van der Waals surface area contributed by atoms with Crippen LogP contribution >= 0.6 is 0 Å². The molecular formula is C28H30N2O7. The first-order chi connectivity index (χ1) is 17.9. The van der Waals surface area contributed by atoms with Gasteiger partial charge in [-0.2, -0.15) is 0 Å². The largest absolute Gasteiger partial charge is 0.466 e. The molecule has 3 rings (SSSR count). The minimum absolute atomic E-state index is 0.0359. The number of amides is 2. The maximum atomic E-state index is 13.2. The summed E-state index contributed by atoms with van der Waals surface area (Å²) >= 11 is 0. The highest BCUT2D eigenvalue weighted by atomic mass is 16.5. The molecule has 0 spiro atoms. The van der Waals surface area contributed by atoms with Gasteiger partial charge in [-0.25, -0.2) is 9.59 Å². The van der Waals surface area contributed by atoms with Crippen molar-refractivity contribution in [1.82, 2.24) is 5.32 Å². The molecule has 2 amide bonds. The summed E-state index contributed by atoms with van der Waals surface area (Å²) < 4.78 is 15.3. The Labute approximate surface area is 215 Å². The molecule has 0 aromatic heterocycles. The van der Waals surface area contributed by atoms with Gasteiger partial charge in [-0.1, -0.05) is 54.6 Å². The molecule has 1 atom stereocenters. The molecule has 0 heterocycles. The number of benzene rings is 3. The van der Waals surface area contributed by atoms with Crippen LogP contribution in [0, 0.1) is 0 Å². The van der Waals surface area contributed by atoms with Crippen molar-refractivity contribution in [2.75, 3.05) is 18.5 Å². The van der Waals surface area contributed by atoms with Gasteiger partial charge in [0.05, 0.1) is 18.9 Å². The van der Waals surface area contributed by atoms with Gasteiger partial charge in [0.2, 0.25) is 0 Å². The summed E-state index contributed by atoms with van der Waals surface area (Å²) in [6, 6.07) is 18.5. The fraction of sp³-hybridized carbons (Fsp3) is 0.286. The highest BCUT2D eigenvalue weighted by Crippen LogP contribution is 2.27. The number of carbonyl (C=O) groups is 4. The lowest BCUT2D eigenvalue weighted by Crippen LogP contribution is -2.42. The predicted octanol–water partition coefficient (Wildman–Crippen LogP) is 4.59. The molecule has 0 bridgehead atoms. The van der Waals surface area contributed by atoms with Gasteiger partial charge in [-0.15, -0.1) is 0 Å². The Morgan fingerprint density at radius 3 is 2.16 bits per heavy atom. The number of rotatable bonds is 11. The van der Waals surface area contributed by atoms with Gasteiger partial charge in [0, 0.05) is 17.4 Å². The monoisotopic (exact) mass is 506 g/mol. The minimum atomic E-state index is -1.03. The lowest BCUT2D eigenvalue weighted by atomic mass is 10.0. The van der Waals surface area contributed by atoms with Crippen LogP contribution in [0.25, 0.3) is 10.8 Å². The molecule has 0 saturated carbocycles. The number of hydrogen-bond donors (Lipinski definition) is 2. The highest BCUT2D eigenvalue weighted by molar-refractivity contribution is 6.12. The van der Waals surface area contributed by atoms with E-state index in [1.165, 1.54) is 0 Å². The van der Waals surface area contributed by atoms with Gasteiger partial charge >= 0.3 is 18.0 Å². The van der Waals surface area contributed by atoms with Crippen molar-refractivity contribution in [3.63, 3.8) is 0 Å². The van der Waals surface area contributed by atoms with Crippen molar-refractivity contribution in [1.29, 1.82) is 0 Å². The van der Waals surface area contributed by atoms with Crippen LogP contribution in [0.15, 0.2) is 66.7 Å². The van der Waals surface area contributed by atoms with Gasteiger partial charge < -0.3 is 19.5 Å². The van der Waals surface area contributed by atoms with E-state index in [0.29, 0.717) is 22.0 Å². The van der Waals surface area contributed by atoms with Gasteiger partial charge in [0.1, 0.15) is 12.6 Å². The van der Waals surface area contributed by atoms with Crippen molar-refractivity contribution in [2.45, 2.75) is 39.3 Å². The summed E-state index contributed by atoms with van der Waals surface area (Å²) in [5.41, 5.74) is 1.62. The summed E-state index contributed by atoms with van der Waals surface area (Å²) in [7, 11) is 0. The third-order valence-electron chi connectivity index (χ3n) is 5.44. The first-order valence-electron chi connectivity index (χ1n) is 12.1. The van der Waals surface area contributed by atoms with Crippen molar-refractivity contribution in [3.05, 3.63) is 77.9 Å². The van der Waals surface area contributed by atoms with E-state index in [-0.39, 0.29) is 32.7 Å². The highest BCUT2D eigenvalue weighted by Gasteiger charge is 2.25. The molecule has 0 aliphatic heterocycles. The molecule has 194 valence electrons. The molecule has 37 heavy (non-hydrogen) atoms. The SMILES string of the molecule is CCOC(=O)CC[C@H](NC(=O)c1ccc(NC(=O)OCc2ccccc2)c2ccccc12)C(=O)OCC. The molecule has 2 N–H and O–H groups in total. The minimum Gasteiger partial charge on any atom is -0.466 e. The Morgan fingerprint density at radius 1 is 0.784 bits per heavy atom. The summed E-state index contributed by atoms with van der Waals surface area (Å²) in [6.45, 7) is 3.82. The summed E-state index contributed by atoms with van der Waals surface area (Å²) in [5.74, 6) is -1.62. The average molecular weight is 507 g/mol. The van der Waals surface area contributed by atoms with Gasteiger partial charge in [0.25, 0.3) is 5.91 Å². The lowest BCUT2D eigenvalue weighted by Gasteiger charge is -2.18. The zero-order chi connectivity index (χ0) is 26.6. The van der Waals surface area contributed by atoms with E-state index in [4.69, 9.17) is 14.2 Å². The second kappa shape index (κ2) is 13.6. The summed E-state index contributed by atoms with van der Waals surface area (Å²) in [6.07, 6.45) is -0.645. The van der Waals surface area contributed by atoms with Crippen LogP contribution in [0.5, 0.6) is 0 Å². The summed E-state index contributed by atoms with van der Waals surface area (Å²) in [4.78, 5) is 49.8. The van der Waals surface area contributed by atoms with Crippen LogP contribution in [0.1, 0.15) is 42.6 Å². The molecule has 3 aromatic carbocycles. The van der Waals surface area contributed by atoms with Crippen molar-refractivity contribution < 1.29 is 33.4 Å². The maximum Gasteiger partial charge on any atom is 0.411 e. The first-order valence-corrected chi connectivity index (χ1v) is 12.1. The molecule has 0 aliphatic carbocycles. The first kappa shape index (κ1) is 27.2. The van der Waals surface area contributed by atoms with E-state index in [1.54, 1.807) is 50.2 Å². The lowest BCUT2D eigenvalue weighted by molar-refractivity contribution is -0.146. The van der Waals surface area contributed by atoms with Crippen molar-refractivity contribution >= 4 is 40.4 Å². The van der Waals surface area contributed by atoms with Crippen molar-refractivity contribution in [3.8, 4) is 0 Å². The third kappa shape index (κ3) is 7.79. The molecule has 3 aromatic rings. The average Bonchev–Trinajstić information content (AvgIpc) is 2.90. The van der Waals surface area contributed by atoms with Crippen molar-refractivity contribution in [2.24, 2.45) is 0 Å². The summed E-state index contributed by atoms with van der Waals surface area (Å²) in [5, 5.41) is 6.58. The number of nitrogens with one attached hydrogen (secondary N) is 2. The molecule has 9 heteroatoms. The molecule has 0 radical (unpaired) electrons. The second-order valence-electron chi connectivity index (χ2n) is 8.01. The van der Waals surface area contributed by atoms with Crippen LogP contribution in [-0.2, 0) is 30.4 Å². The Hall–Kier alpha value is -4.40. The fourth-order valence-electron chi connectivity index (χ4n) is 3.70. The number of hydrogen-bond acceptors (Lipinski definition) is 7. The Balaban J connectivity index is 1.75. The van der Waals surface area contributed by atoms with E-state index in [0.717, 1.165) is 5.56 Å². The number of anilines is 1. The smallest absolute Gasteiger partial charge is 0.411 e. The quantitative estimate of drug-likeness (QED) is 0.288. The molecule has 0 aliphatic rings. The topological polar surface area (TPSA) is 120 Å². The van der Waals surface area contributed by atoms with E-state index >= 15 is 0 Å². The third-order valence-corrected chi connectivity index (χ3v) is 5.44. The molecule has 0 fully saturated rings. The van der Waals surface area contributed by atoms with Crippen LogP contribution in [-0.4, -0.2) is 43.2 Å². The predicted molar refractivity (Wildman–Crippen MR) is 138 cm³/mol. The van der Waals surface area contributed by atoms with Crippen LogP contribution in [0.3, 0.4) is 0 Å². The molecule has 0 unspecified atom stereocenters. The van der Waals surface area contributed by atoms with E-state index in [2.05, 4.69) is 10.6 Å². The Morgan fingerprint density at radius 2 is 1.46 bits per heavy atom. The zero-order valence-corrected chi connectivity index (χ0v) is 20.8. The van der Waals surface area contributed by atoms with Gasteiger partial charge in [-0.3, -0.25) is 14.9 Å². The Kier molecular flexibility index (Phi) is 10.0. The normalized spacial score (nSPS) is 11.3. The molecular weight excluding hydrogens is 476 g/mol. The van der Waals surface area contributed by atoms with E-state index in [1.807, 2.05) is 30.3 Å². The zero-order valence-electron chi connectivity index (χ0n) is 20.8. The van der Waals surface area contributed by atoms with Crippen LogP contribution in [0.2, 0.25) is 0 Å². The van der Waals surface area contributed by atoms with Gasteiger partial charge in [-0.05, 0) is 43.4 Å². The number of fused-ring (bicyclic) bond motifs is 1. The number of carbonyl (C=O) groups excluding carboxylic acids is 4. The molecule has 9 nitrogen and oxygen atoms in total.